The minimum absolute atomic E-state index is 0.00945. The summed E-state index contributed by atoms with van der Waals surface area (Å²) in [6, 6.07) is 16.0. The van der Waals surface area contributed by atoms with E-state index >= 15 is 0 Å². The van der Waals surface area contributed by atoms with Crippen LogP contribution in [0.3, 0.4) is 0 Å². The minimum atomic E-state index is -0.256. The second-order valence-electron chi connectivity index (χ2n) is 5.93. The SMILES string of the molecule is COc1ccc(C(CC(=O)c2ccc(Cl)cc2)Nc2cc(C)on2)cc1. The van der Waals surface area contributed by atoms with Crippen LogP contribution in [0.2, 0.25) is 5.02 Å². The molecule has 2 aromatic carbocycles. The summed E-state index contributed by atoms with van der Waals surface area (Å²) in [7, 11) is 1.62. The highest BCUT2D eigenvalue weighted by atomic mass is 35.5. The summed E-state index contributed by atoms with van der Waals surface area (Å²) in [6.45, 7) is 1.82. The van der Waals surface area contributed by atoms with Crippen molar-refractivity contribution in [3.05, 3.63) is 76.5 Å². The Morgan fingerprint density at radius 1 is 1.19 bits per heavy atom. The van der Waals surface area contributed by atoms with Crippen LogP contribution in [0.1, 0.15) is 34.1 Å². The molecule has 3 rings (SSSR count). The molecular formula is C20H19ClN2O3. The zero-order chi connectivity index (χ0) is 18.5. The van der Waals surface area contributed by atoms with Crippen LogP contribution in [0, 0.1) is 6.92 Å². The van der Waals surface area contributed by atoms with E-state index in [0.29, 0.717) is 22.2 Å². The van der Waals surface area contributed by atoms with Crippen molar-refractivity contribution < 1.29 is 14.1 Å². The first-order valence-corrected chi connectivity index (χ1v) is 8.55. The number of carbonyl (C=O) groups excluding carboxylic acids is 1. The molecule has 1 heterocycles. The number of hydrogen-bond acceptors (Lipinski definition) is 5. The third-order valence-corrected chi connectivity index (χ3v) is 4.28. The van der Waals surface area contributed by atoms with E-state index in [9.17, 15) is 4.79 Å². The number of ether oxygens (including phenoxy) is 1. The number of aromatic nitrogens is 1. The summed E-state index contributed by atoms with van der Waals surface area (Å²) in [4.78, 5) is 12.7. The van der Waals surface area contributed by atoms with E-state index in [1.165, 1.54) is 0 Å². The molecule has 6 heteroatoms. The van der Waals surface area contributed by atoms with Crippen LogP contribution in [-0.2, 0) is 0 Å². The Balaban J connectivity index is 1.83. The molecule has 1 unspecified atom stereocenters. The van der Waals surface area contributed by atoms with E-state index in [1.54, 1.807) is 37.4 Å². The van der Waals surface area contributed by atoms with Gasteiger partial charge in [0.1, 0.15) is 11.5 Å². The average Bonchev–Trinajstić information content (AvgIpc) is 3.06. The molecule has 3 aromatic rings. The number of nitrogens with zero attached hydrogens (tertiary/aromatic N) is 1. The highest BCUT2D eigenvalue weighted by Crippen LogP contribution is 2.26. The fourth-order valence-electron chi connectivity index (χ4n) is 2.64. The second kappa shape index (κ2) is 8.06. The van der Waals surface area contributed by atoms with Gasteiger partial charge in [-0.15, -0.1) is 0 Å². The van der Waals surface area contributed by atoms with Crippen molar-refractivity contribution in [1.82, 2.24) is 5.16 Å². The van der Waals surface area contributed by atoms with Gasteiger partial charge in [0.05, 0.1) is 13.2 Å². The fourth-order valence-corrected chi connectivity index (χ4v) is 2.77. The molecule has 134 valence electrons. The summed E-state index contributed by atoms with van der Waals surface area (Å²) in [5.41, 5.74) is 1.57. The lowest BCUT2D eigenvalue weighted by Crippen LogP contribution is -2.16. The van der Waals surface area contributed by atoms with Crippen LogP contribution in [0.4, 0.5) is 5.82 Å². The molecule has 0 aliphatic rings. The number of methoxy groups -OCH3 is 1. The van der Waals surface area contributed by atoms with E-state index in [4.69, 9.17) is 20.9 Å². The Morgan fingerprint density at radius 2 is 1.88 bits per heavy atom. The lowest BCUT2D eigenvalue weighted by molar-refractivity contribution is 0.0976. The topological polar surface area (TPSA) is 64.4 Å². The molecule has 0 fully saturated rings. The van der Waals surface area contributed by atoms with Crippen molar-refractivity contribution in [2.45, 2.75) is 19.4 Å². The van der Waals surface area contributed by atoms with E-state index in [2.05, 4.69) is 10.5 Å². The predicted octanol–water partition coefficient (Wildman–Crippen LogP) is 5.07. The number of carbonyl (C=O) groups is 1. The van der Waals surface area contributed by atoms with Crippen LogP contribution < -0.4 is 10.1 Å². The van der Waals surface area contributed by atoms with Crippen molar-refractivity contribution in [1.29, 1.82) is 0 Å². The third kappa shape index (κ3) is 4.43. The van der Waals surface area contributed by atoms with Crippen LogP contribution >= 0.6 is 11.6 Å². The molecule has 0 aliphatic carbocycles. The minimum Gasteiger partial charge on any atom is -0.497 e. The Kier molecular flexibility index (Phi) is 5.58. The molecule has 1 N–H and O–H groups in total. The smallest absolute Gasteiger partial charge is 0.170 e. The van der Waals surface area contributed by atoms with Gasteiger partial charge in [-0.05, 0) is 48.9 Å². The maximum absolute atomic E-state index is 12.7. The van der Waals surface area contributed by atoms with Gasteiger partial charge >= 0.3 is 0 Å². The molecule has 0 aliphatic heterocycles. The van der Waals surface area contributed by atoms with E-state index < -0.39 is 0 Å². The molecule has 0 saturated heterocycles. The largest absolute Gasteiger partial charge is 0.497 e. The number of hydrogen-bond donors (Lipinski definition) is 1. The molecule has 0 bridgehead atoms. The van der Waals surface area contributed by atoms with Gasteiger partial charge < -0.3 is 14.6 Å². The monoisotopic (exact) mass is 370 g/mol. The Labute approximate surface area is 156 Å². The fraction of sp³-hybridized carbons (Fsp3) is 0.200. The summed E-state index contributed by atoms with van der Waals surface area (Å²) in [5, 5.41) is 7.84. The number of Topliss-reactive ketones (excluding diaryl/α,β-unsaturated/α-hetero) is 1. The molecule has 1 atom stereocenters. The van der Waals surface area contributed by atoms with Gasteiger partial charge in [0.2, 0.25) is 0 Å². The van der Waals surface area contributed by atoms with Crippen molar-refractivity contribution in [3.63, 3.8) is 0 Å². The van der Waals surface area contributed by atoms with Crippen LogP contribution in [0.5, 0.6) is 5.75 Å². The normalized spacial score (nSPS) is 11.8. The lowest BCUT2D eigenvalue weighted by Gasteiger charge is -2.18. The van der Waals surface area contributed by atoms with Gasteiger partial charge in [0.15, 0.2) is 11.6 Å². The van der Waals surface area contributed by atoms with Crippen LogP contribution in [0.15, 0.2) is 59.1 Å². The van der Waals surface area contributed by atoms with E-state index in [1.807, 2.05) is 31.2 Å². The quantitative estimate of drug-likeness (QED) is 0.588. The number of rotatable bonds is 7. The molecule has 0 amide bonds. The van der Waals surface area contributed by atoms with E-state index in [-0.39, 0.29) is 18.2 Å². The molecule has 0 spiro atoms. The first-order valence-electron chi connectivity index (χ1n) is 8.18. The summed E-state index contributed by atoms with van der Waals surface area (Å²) in [5.74, 6) is 2.06. The van der Waals surface area contributed by atoms with E-state index in [0.717, 1.165) is 11.3 Å². The van der Waals surface area contributed by atoms with Gasteiger partial charge in [-0.2, -0.15) is 0 Å². The van der Waals surface area contributed by atoms with Gasteiger partial charge in [0.25, 0.3) is 0 Å². The number of ketones is 1. The Hall–Kier alpha value is -2.79. The number of benzene rings is 2. The lowest BCUT2D eigenvalue weighted by atomic mass is 9.97. The predicted molar refractivity (Wildman–Crippen MR) is 101 cm³/mol. The number of aryl methyl sites for hydroxylation is 1. The van der Waals surface area contributed by atoms with Crippen LogP contribution in [-0.4, -0.2) is 18.0 Å². The highest BCUT2D eigenvalue weighted by molar-refractivity contribution is 6.30. The van der Waals surface area contributed by atoms with Crippen molar-refractivity contribution in [2.75, 3.05) is 12.4 Å². The van der Waals surface area contributed by atoms with Gasteiger partial charge in [-0.1, -0.05) is 28.9 Å². The first-order chi connectivity index (χ1) is 12.5. The van der Waals surface area contributed by atoms with Crippen molar-refractivity contribution in [2.24, 2.45) is 0 Å². The van der Waals surface area contributed by atoms with Gasteiger partial charge in [0, 0.05) is 23.1 Å². The molecule has 0 saturated carbocycles. The Morgan fingerprint density at radius 3 is 2.46 bits per heavy atom. The zero-order valence-corrected chi connectivity index (χ0v) is 15.3. The highest BCUT2D eigenvalue weighted by Gasteiger charge is 2.19. The number of anilines is 1. The van der Waals surface area contributed by atoms with Gasteiger partial charge in [-0.25, -0.2) is 0 Å². The summed E-state index contributed by atoms with van der Waals surface area (Å²) >= 11 is 5.90. The molecule has 1 aromatic heterocycles. The van der Waals surface area contributed by atoms with Crippen molar-refractivity contribution >= 4 is 23.2 Å². The van der Waals surface area contributed by atoms with Crippen molar-refractivity contribution in [3.8, 4) is 5.75 Å². The maximum atomic E-state index is 12.7. The first kappa shape index (κ1) is 18.0. The summed E-state index contributed by atoms with van der Waals surface area (Å²) < 4.78 is 10.3. The second-order valence-corrected chi connectivity index (χ2v) is 6.36. The Bertz CT molecular complexity index is 873. The number of halogens is 1. The summed E-state index contributed by atoms with van der Waals surface area (Å²) in [6.07, 6.45) is 0.264. The molecule has 5 nitrogen and oxygen atoms in total. The standard InChI is InChI=1S/C20H19ClN2O3/c1-13-11-20(23-26-13)22-18(14-5-9-17(25-2)10-6-14)12-19(24)15-3-7-16(21)8-4-15/h3-11,18H,12H2,1-2H3,(H,22,23). The van der Waals surface area contributed by atoms with Gasteiger partial charge in [-0.3, -0.25) is 4.79 Å². The third-order valence-electron chi connectivity index (χ3n) is 4.02. The molecule has 26 heavy (non-hydrogen) atoms. The average molecular weight is 371 g/mol. The molecular weight excluding hydrogens is 352 g/mol. The zero-order valence-electron chi connectivity index (χ0n) is 14.5. The molecule has 0 radical (unpaired) electrons. The maximum Gasteiger partial charge on any atom is 0.170 e. The van der Waals surface area contributed by atoms with Crippen LogP contribution in [0.25, 0.3) is 0 Å². The number of nitrogens with one attached hydrogen (secondary N) is 1.